The molecule has 6 heteroatoms. The van der Waals surface area contributed by atoms with Crippen molar-refractivity contribution in [2.45, 2.75) is 11.8 Å². The molecule has 0 spiro atoms. The van der Waals surface area contributed by atoms with E-state index in [1.54, 1.807) is 37.3 Å². The molecule has 0 atom stereocenters. The van der Waals surface area contributed by atoms with E-state index in [-0.39, 0.29) is 10.6 Å². The number of phenols is 1. The van der Waals surface area contributed by atoms with Crippen LogP contribution < -0.4 is 4.83 Å². The molecule has 0 unspecified atom stereocenters. The minimum Gasteiger partial charge on any atom is -0.508 e. The third-order valence-electron chi connectivity index (χ3n) is 2.67. The number of sulfonamides is 1. The van der Waals surface area contributed by atoms with Crippen LogP contribution in [0.1, 0.15) is 12.5 Å². The van der Waals surface area contributed by atoms with Crippen LogP contribution in [0.2, 0.25) is 0 Å². The van der Waals surface area contributed by atoms with Crippen LogP contribution in [0.25, 0.3) is 0 Å². The second-order valence-corrected chi connectivity index (χ2v) is 5.81. The van der Waals surface area contributed by atoms with E-state index in [9.17, 15) is 13.5 Å². The third-order valence-corrected chi connectivity index (χ3v) is 3.90. The average molecular weight is 290 g/mol. The summed E-state index contributed by atoms with van der Waals surface area (Å²) in [6.07, 6.45) is 0. The monoisotopic (exact) mass is 290 g/mol. The molecule has 2 N–H and O–H groups in total. The summed E-state index contributed by atoms with van der Waals surface area (Å²) in [5.74, 6) is 0.145. The molecule has 0 aromatic heterocycles. The van der Waals surface area contributed by atoms with Gasteiger partial charge in [-0.3, -0.25) is 0 Å². The summed E-state index contributed by atoms with van der Waals surface area (Å²) in [6.45, 7) is 1.68. The van der Waals surface area contributed by atoms with Gasteiger partial charge in [-0.05, 0) is 48.9 Å². The molecule has 5 nitrogen and oxygen atoms in total. The van der Waals surface area contributed by atoms with Gasteiger partial charge in [-0.15, -0.1) is 0 Å². The van der Waals surface area contributed by atoms with Gasteiger partial charge in [-0.2, -0.15) is 18.4 Å². The number of phenolic OH excluding ortho intramolecular Hbond substituents is 1. The minimum atomic E-state index is -3.66. The zero-order valence-corrected chi connectivity index (χ0v) is 11.6. The third kappa shape index (κ3) is 3.36. The lowest BCUT2D eigenvalue weighted by atomic mass is 10.1. The van der Waals surface area contributed by atoms with E-state index in [2.05, 4.69) is 9.93 Å². The summed E-state index contributed by atoms with van der Waals surface area (Å²) in [6, 6.07) is 14.4. The van der Waals surface area contributed by atoms with Crippen molar-refractivity contribution >= 4 is 15.7 Å². The molecule has 2 aromatic carbocycles. The van der Waals surface area contributed by atoms with Gasteiger partial charge in [0.15, 0.2) is 0 Å². The first-order chi connectivity index (χ1) is 9.49. The predicted molar refractivity (Wildman–Crippen MR) is 77.1 cm³/mol. The summed E-state index contributed by atoms with van der Waals surface area (Å²) in [7, 11) is -3.66. The zero-order valence-electron chi connectivity index (χ0n) is 10.8. The molecule has 104 valence electrons. The van der Waals surface area contributed by atoms with Crippen molar-refractivity contribution in [2.75, 3.05) is 0 Å². The fraction of sp³-hybridized carbons (Fsp3) is 0.0714. The zero-order chi connectivity index (χ0) is 14.6. The summed E-state index contributed by atoms with van der Waals surface area (Å²) in [4.78, 5) is 2.34. The van der Waals surface area contributed by atoms with E-state index in [4.69, 9.17) is 0 Å². The standard InChI is InChI=1S/C14H14N2O3S/c1-11(12-7-9-13(17)10-8-12)15-16-20(18,19)14-5-3-2-4-6-14/h2-10,16-17H,1H3/b15-11+. The van der Waals surface area contributed by atoms with Crippen LogP contribution in [0, 0.1) is 0 Å². The van der Waals surface area contributed by atoms with Crippen molar-refractivity contribution in [3.8, 4) is 5.75 Å². The maximum Gasteiger partial charge on any atom is 0.276 e. The summed E-state index contributed by atoms with van der Waals surface area (Å²) in [5.41, 5.74) is 1.23. The molecule has 20 heavy (non-hydrogen) atoms. The molecule has 2 aromatic rings. The lowest BCUT2D eigenvalue weighted by molar-refractivity contribution is 0.475. The molecule has 0 aliphatic rings. The van der Waals surface area contributed by atoms with Gasteiger partial charge in [0.1, 0.15) is 5.75 Å². The Morgan fingerprint density at radius 1 is 1.05 bits per heavy atom. The molecule has 0 bridgehead atoms. The number of nitrogens with zero attached hydrogens (tertiary/aromatic N) is 1. The molecule has 0 amide bonds. The number of nitrogens with one attached hydrogen (secondary N) is 1. The summed E-state index contributed by atoms with van der Waals surface area (Å²) < 4.78 is 23.9. The highest BCUT2D eigenvalue weighted by Crippen LogP contribution is 2.11. The van der Waals surface area contributed by atoms with Gasteiger partial charge >= 0.3 is 0 Å². The fourth-order valence-corrected chi connectivity index (χ4v) is 2.43. The molecule has 2 rings (SSSR count). The van der Waals surface area contributed by atoms with E-state index in [0.29, 0.717) is 5.71 Å². The average Bonchev–Trinajstić information content (AvgIpc) is 2.46. The van der Waals surface area contributed by atoms with Gasteiger partial charge in [0.2, 0.25) is 0 Å². The van der Waals surface area contributed by atoms with Gasteiger partial charge in [-0.25, -0.2) is 0 Å². The van der Waals surface area contributed by atoms with Crippen molar-refractivity contribution in [3.05, 3.63) is 60.2 Å². The maximum absolute atomic E-state index is 12.0. The largest absolute Gasteiger partial charge is 0.508 e. The van der Waals surface area contributed by atoms with Crippen LogP contribution in [0.5, 0.6) is 5.75 Å². The summed E-state index contributed by atoms with van der Waals surface area (Å²) >= 11 is 0. The molecule has 0 aliphatic heterocycles. The Kier molecular flexibility index (Phi) is 4.05. The van der Waals surface area contributed by atoms with Crippen LogP contribution in [0.4, 0.5) is 0 Å². The second-order valence-electron chi connectivity index (χ2n) is 4.15. The van der Waals surface area contributed by atoms with Crippen molar-refractivity contribution < 1.29 is 13.5 Å². The Bertz CT molecular complexity index is 708. The molecule has 0 saturated heterocycles. The predicted octanol–water partition coefficient (Wildman–Crippen LogP) is 2.09. The first-order valence-corrected chi connectivity index (χ1v) is 7.38. The molecule has 0 heterocycles. The maximum atomic E-state index is 12.0. The number of aromatic hydroxyl groups is 1. The number of hydrogen-bond donors (Lipinski definition) is 2. The van der Waals surface area contributed by atoms with Crippen molar-refractivity contribution in [1.29, 1.82) is 0 Å². The first-order valence-electron chi connectivity index (χ1n) is 5.89. The van der Waals surface area contributed by atoms with Gasteiger partial charge in [0, 0.05) is 0 Å². The number of rotatable bonds is 4. The number of hydrazone groups is 1. The highest BCUT2D eigenvalue weighted by atomic mass is 32.2. The molecule has 0 saturated carbocycles. The molecule has 0 fully saturated rings. The quantitative estimate of drug-likeness (QED) is 0.668. The van der Waals surface area contributed by atoms with Crippen molar-refractivity contribution in [1.82, 2.24) is 4.83 Å². The van der Waals surface area contributed by atoms with E-state index in [1.807, 2.05) is 0 Å². The topological polar surface area (TPSA) is 78.8 Å². The van der Waals surface area contributed by atoms with E-state index >= 15 is 0 Å². The highest BCUT2D eigenvalue weighted by Gasteiger charge is 2.11. The number of benzene rings is 2. The lowest BCUT2D eigenvalue weighted by Crippen LogP contribution is -2.19. The molecular weight excluding hydrogens is 276 g/mol. The second kappa shape index (κ2) is 5.75. The van der Waals surface area contributed by atoms with Gasteiger partial charge in [0.05, 0.1) is 10.6 Å². The molecule has 0 radical (unpaired) electrons. The van der Waals surface area contributed by atoms with Crippen LogP contribution in [-0.4, -0.2) is 19.2 Å². The minimum absolute atomic E-state index is 0.145. The van der Waals surface area contributed by atoms with Crippen LogP contribution in [0.3, 0.4) is 0 Å². The number of hydrogen-bond acceptors (Lipinski definition) is 4. The Balaban J connectivity index is 2.18. The van der Waals surface area contributed by atoms with E-state index < -0.39 is 10.0 Å². The first kappa shape index (κ1) is 14.1. The molecule has 0 aliphatic carbocycles. The Labute approximate surface area is 117 Å². The Hall–Kier alpha value is -2.34. The Morgan fingerprint density at radius 3 is 2.25 bits per heavy atom. The molecular formula is C14H14N2O3S. The van der Waals surface area contributed by atoms with Crippen molar-refractivity contribution in [2.24, 2.45) is 5.10 Å². The van der Waals surface area contributed by atoms with E-state index in [1.165, 1.54) is 24.3 Å². The Morgan fingerprint density at radius 2 is 1.65 bits per heavy atom. The lowest BCUT2D eigenvalue weighted by Gasteiger charge is -2.05. The smallest absolute Gasteiger partial charge is 0.276 e. The SMILES string of the molecule is C/C(=N\NS(=O)(=O)c1ccccc1)c1ccc(O)cc1. The van der Waals surface area contributed by atoms with Crippen molar-refractivity contribution in [3.63, 3.8) is 0 Å². The van der Waals surface area contributed by atoms with Crippen LogP contribution in [-0.2, 0) is 10.0 Å². The van der Waals surface area contributed by atoms with Crippen LogP contribution >= 0.6 is 0 Å². The van der Waals surface area contributed by atoms with Crippen LogP contribution in [0.15, 0.2) is 64.6 Å². The fourth-order valence-electron chi connectivity index (χ4n) is 1.55. The van der Waals surface area contributed by atoms with Gasteiger partial charge < -0.3 is 5.11 Å². The van der Waals surface area contributed by atoms with Gasteiger partial charge in [-0.1, -0.05) is 18.2 Å². The van der Waals surface area contributed by atoms with Gasteiger partial charge in [0.25, 0.3) is 10.0 Å². The normalized spacial score (nSPS) is 12.2. The van der Waals surface area contributed by atoms with E-state index in [0.717, 1.165) is 5.56 Å². The highest BCUT2D eigenvalue weighted by molar-refractivity contribution is 7.89. The summed E-state index contributed by atoms with van der Waals surface area (Å²) in [5, 5.41) is 13.1.